The van der Waals surface area contributed by atoms with E-state index in [1.54, 1.807) is 0 Å². The Morgan fingerprint density at radius 1 is 0.969 bits per heavy atom. The molecule has 4 nitrogen and oxygen atoms in total. The second-order valence-electron chi connectivity index (χ2n) is 8.22. The molecule has 0 aliphatic rings. The maximum atomic E-state index is 11.8. The van der Waals surface area contributed by atoms with Crippen LogP contribution in [0.1, 0.15) is 69.9 Å². The van der Waals surface area contributed by atoms with Crippen molar-refractivity contribution in [3.05, 3.63) is 71.8 Å². The number of benzene rings is 1. The minimum absolute atomic E-state index is 0.275. The van der Waals surface area contributed by atoms with Crippen LogP contribution >= 0.6 is 0 Å². The minimum atomic E-state index is -0.821. The van der Waals surface area contributed by atoms with E-state index in [-0.39, 0.29) is 25.6 Å². The summed E-state index contributed by atoms with van der Waals surface area (Å²) in [7, 11) is 0. The Balaban J connectivity index is 2.36. The quantitative estimate of drug-likeness (QED) is 0.184. The molecular formula is C28H42O4. The summed E-state index contributed by atoms with van der Waals surface area (Å²) in [4.78, 5) is 11.8. The number of aliphatic hydroxyl groups excluding tert-OH is 2. The molecule has 0 unspecified atom stereocenters. The van der Waals surface area contributed by atoms with Crippen LogP contribution in [0.3, 0.4) is 0 Å². The van der Waals surface area contributed by atoms with E-state index in [9.17, 15) is 4.79 Å². The zero-order chi connectivity index (χ0) is 23.4. The first-order valence-corrected chi connectivity index (χ1v) is 12.1. The second kappa shape index (κ2) is 18.4. The van der Waals surface area contributed by atoms with E-state index in [0.717, 1.165) is 19.3 Å². The van der Waals surface area contributed by atoms with Crippen molar-refractivity contribution in [2.45, 2.75) is 77.7 Å². The standard InChI is InChI=1S/C28H42O4/c1-3-4-5-6-9-15-24(2)16-10-7-8-11-17-25-18-12-13-19-26(25)20-14-21-28(31)32-27(22-29)23-30/h8-13,15-16,18-19,24,27,29-30H,3-7,14,17,20-23H2,1-2H3/b11-8-,15-9-,16-10-/t24-/m0/s1. The highest BCUT2D eigenvalue weighted by Crippen LogP contribution is 2.14. The summed E-state index contributed by atoms with van der Waals surface area (Å²) < 4.78 is 5.01. The number of allylic oxidation sites excluding steroid dienone is 6. The molecule has 0 saturated heterocycles. The third-order valence-corrected chi connectivity index (χ3v) is 5.28. The highest BCUT2D eigenvalue weighted by molar-refractivity contribution is 5.69. The van der Waals surface area contributed by atoms with Crippen LogP contribution < -0.4 is 0 Å². The summed E-state index contributed by atoms with van der Waals surface area (Å²) in [6, 6.07) is 8.30. The first kappa shape index (κ1) is 27.9. The maximum Gasteiger partial charge on any atom is 0.306 e. The molecular weight excluding hydrogens is 400 g/mol. The Morgan fingerprint density at radius 3 is 2.41 bits per heavy atom. The fourth-order valence-corrected chi connectivity index (χ4v) is 3.37. The smallest absolute Gasteiger partial charge is 0.306 e. The fourth-order valence-electron chi connectivity index (χ4n) is 3.37. The zero-order valence-corrected chi connectivity index (χ0v) is 19.9. The lowest BCUT2D eigenvalue weighted by atomic mass is 9.99. The van der Waals surface area contributed by atoms with Gasteiger partial charge in [0, 0.05) is 6.42 Å². The Hall–Kier alpha value is -2.17. The number of aryl methyl sites for hydroxylation is 1. The van der Waals surface area contributed by atoms with Gasteiger partial charge in [0.05, 0.1) is 13.2 Å². The third-order valence-electron chi connectivity index (χ3n) is 5.28. The van der Waals surface area contributed by atoms with E-state index in [2.05, 4.69) is 62.4 Å². The molecule has 1 rings (SSSR count). The molecule has 2 N–H and O–H groups in total. The molecule has 0 spiro atoms. The second-order valence-corrected chi connectivity index (χ2v) is 8.22. The molecule has 1 aromatic carbocycles. The molecule has 0 fully saturated rings. The normalized spacial score (nSPS) is 13.0. The number of aliphatic hydroxyl groups is 2. The molecule has 1 aromatic rings. The Bertz CT molecular complexity index is 701. The van der Waals surface area contributed by atoms with Crippen molar-refractivity contribution in [2.75, 3.05) is 13.2 Å². The number of ether oxygens (including phenoxy) is 1. The van der Waals surface area contributed by atoms with E-state index in [1.165, 1.54) is 36.8 Å². The van der Waals surface area contributed by atoms with E-state index >= 15 is 0 Å². The molecule has 0 amide bonds. The van der Waals surface area contributed by atoms with Crippen LogP contribution in [0, 0.1) is 5.92 Å². The first-order chi connectivity index (χ1) is 15.6. The van der Waals surface area contributed by atoms with E-state index in [4.69, 9.17) is 14.9 Å². The molecule has 0 heterocycles. The highest BCUT2D eigenvalue weighted by Gasteiger charge is 2.12. The molecule has 178 valence electrons. The summed E-state index contributed by atoms with van der Waals surface area (Å²) in [5.74, 6) is 0.0924. The SMILES string of the molecule is CCCCC/C=C\[C@H](C)/C=C\C/C=C\Cc1ccccc1CCCC(=O)OC(CO)CO. The largest absolute Gasteiger partial charge is 0.457 e. The van der Waals surface area contributed by atoms with Gasteiger partial charge in [-0.05, 0) is 55.6 Å². The van der Waals surface area contributed by atoms with Crippen LogP contribution in [-0.2, 0) is 22.4 Å². The average Bonchev–Trinajstić information content (AvgIpc) is 2.80. The number of hydrogen-bond donors (Lipinski definition) is 2. The third kappa shape index (κ3) is 13.3. The molecule has 0 aliphatic carbocycles. The molecule has 0 aliphatic heterocycles. The number of hydrogen-bond acceptors (Lipinski definition) is 4. The highest BCUT2D eigenvalue weighted by atomic mass is 16.6. The molecule has 0 aromatic heterocycles. The van der Waals surface area contributed by atoms with Crippen LogP contribution in [0.5, 0.6) is 0 Å². The summed E-state index contributed by atoms with van der Waals surface area (Å²) in [5.41, 5.74) is 2.51. The van der Waals surface area contributed by atoms with Gasteiger partial charge in [-0.3, -0.25) is 4.79 Å². The van der Waals surface area contributed by atoms with Crippen molar-refractivity contribution in [3.63, 3.8) is 0 Å². The summed E-state index contributed by atoms with van der Waals surface area (Å²) in [6.07, 6.45) is 21.2. The van der Waals surface area contributed by atoms with Gasteiger partial charge in [0.15, 0.2) is 0 Å². The number of carbonyl (C=O) groups excluding carboxylic acids is 1. The van der Waals surface area contributed by atoms with Crippen LogP contribution in [0.15, 0.2) is 60.7 Å². The van der Waals surface area contributed by atoms with Gasteiger partial charge in [-0.1, -0.05) is 87.4 Å². The van der Waals surface area contributed by atoms with Crippen molar-refractivity contribution in [1.29, 1.82) is 0 Å². The summed E-state index contributed by atoms with van der Waals surface area (Å²) >= 11 is 0. The summed E-state index contributed by atoms with van der Waals surface area (Å²) in [5, 5.41) is 18.0. The number of rotatable bonds is 17. The van der Waals surface area contributed by atoms with Crippen LogP contribution in [-0.4, -0.2) is 35.5 Å². The Labute approximate surface area is 194 Å². The van der Waals surface area contributed by atoms with E-state index in [1.807, 2.05) is 12.1 Å². The molecule has 0 bridgehead atoms. The van der Waals surface area contributed by atoms with Gasteiger partial charge in [-0.15, -0.1) is 0 Å². The van der Waals surface area contributed by atoms with Gasteiger partial charge in [-0.2, -0.15) is 0 Å². The van der Waals surface area contributed by atoms with Crippen LogP contribution in [0.25, 0.3) is 0 Å². The fraction of sp³-hybridized carbons (Fsp3) is 0.536. The number of esters is 1. The Kier molecular flexibility index (Phi) is 16.0. The predicted molar refractivity (Wildman–Crippen MR) is 132 cm³/mol. The number of carbonyl (C=O) groups is 1. The van der Waals surface area contributed by atoms with Crippen LogP contribution in [0.2, 0.25) is 0 Å². The van der Waals surface area contributed by atoms with Gasteiger partial charge >= 0.3 is 5.97 Å². The van der Waals surface area contributed by atoms with Crippen molar-refractivity contribution in [2.24, 2.45) is 5.92 Å². The van der Waals surface area contributed by atoms with E-state index in [0.29, 0.717) is 12.3 Å². The predicted octanol–water partition coefficient (Wildman–Crippen LogP) is 5.72. The molecule has 1 atom stereocenters. The molecule has 0 radical (unpaired) electrons. The number of unbranched alkanes of at least 4 members (excludes halogenated alkanes) is 3. The van der Waals surface area contributed by atoms with Gasteiger partial charge in [0.1, 0.15) is 6.10 Å². The molecule has 32 heavy (non-hydrogen) atoms. The first-order valence-electron chi connectivity index (χ1n) is 12.1. The van der Waals surface area contributed by atoms with Gasteiger partial charge < -0.3 is 14.9 Å². The van der Waals surface area contributed by atoms with Crippen LogP contribution in [0.4, 0.5) is 0 Å². The topological polar surface area (TPSA) is 66.8 Å². The van der Waals surface area contributed by atoms with Crippen molar-refractivity contribution >= 4 is 5.97 Å². The molecule has 4 heteroatoms. The monoisotopic (exact) mass is 442 g/mol. The Morgan fingerprint density at radius 2 is 1.69 bits per heavy atom. The van der Waals surface area contributed by atoms with Crippen molar-refractivity contribution < 1.29 is 19.7 Å². The lowest BCUT2D eigenvalue weighted by Gasteiger charge is -2.12. The summed E-state index contributed by atoms with van der Waals surface area (Å²) in [6.45, 7) is 3.73. The van der Waals surface area contributed by atoms with Crippen molar-refractivity contribution in [3.8, 4) is 0 Å². The lowest BCUT2D eigenvalue weighted by molar-refractivity contribution is -0.153. The van der Waals surface area contributed by atoms with Gasteiger partial charge in [0.25, 0.3) is 0 Å². The van der Waals surface area contributed by atoms with E-state index < -0.39 is 6.10 Å². The molecule has 0 saturated carbocycles. The maximum absolute atomic E-state index is 11.8. The lowest BCUT2D eigenvalue weighted by Crippen LogP contribution is -2.25. The zero-order valence-electron chi connectivity index (χ0n) is 19.9. The van der Waals surface area contributed by atoms with Gasteiger partial charge in [-0.25, -0.2) is 0 Å². The van der Waals surface area contributed by atoms with Gasteiger partial charge in [0.2, 0.25) is 0 Å². The van der Waals surface area contributed by atoms with Crippen molar-refractivity contribution in [1.82, 2.24) is 0 Å². The minimum Gasteiger partial charge on any atom is -0.457 e. The average molecular weight is 443 g/mol.